The van der Waals surface area contributed by atoms with Crippen LogP contribution in [0.15, 0.2) is 28.1 Å². The number of hydrogen-bond acceptors (Lipinski definition) is 7. The number of rotatable bonds is 7. The van der Waals surface area contributed by atoms with E-state index in [2.05, 4.69) is 27.2 Å². The molecule has 0 saturated carbocycles. The standard InChI is InChI=1S/C22H31ClN6O3S/c1-5-7-17-19-20(28(4)26-17)21(23)25-22(24-19)16-14-15(8-9-18(16)32-6-2)33(30,31)29-12-10-27(3)11-13-29/h8-9,14,21H,5-7,10-13H2,1-4H3,(H,24,25). The van der Waals surface area contributed by atoms with Crippen LogP contribution in [0.25, 0.3) is 0 Å². The lowest BCUT2D eigenvalue weighted by molar-refractivity contribution is 0.222. The Hall–Kier alpha value is -2.14. The summed E-state index contributed by atoms with van der Waals surface area (Å²) in [6, 6.07) is 4.93. The van der Waals surface area contributed by atoms with E-state index in [4.69, 9.17) is 16.3 Å². The lowest BCUT2D eigenvalue weighted by atomic mass is 10.1. The molecule has 0 amide bonds. The van der Waals surface area contributed by atoms with Crippen molar-refractivity contribution in [2.45, 2.75) is 37.1 Å². The van der Waals surface area contributed by atoms with Crippen LogP contribution in [-0.4, -0.2) is 73.1 Å². The summed E-state index contributed by atoms with van der Waals surface area (Å²) in [5, 5.41) is 7.97. The molecular weight excluding hydrogens is 464 g/mol. The average molecular weight is 495 g/mol. The van der Waals surface area contributed by atoms with Crippen LogP contribution in [0.3, 0.4) is 0 Å². The second-order valence-corrected chi connectivity index (χ2v) is 10.7. The molecule has 33 heavy (non-hydrogen) atoms. The van der Waals surface area contributed by atoms with E-state index in [1.165, 1.54) is 4.31 Å². The first-order valence-electron chi connectivity index (χ1n) is 11.3. The molecule has 1 atom stereocenters. The molecule has 0 aliphatic carbocycles. The van der Waals surface area contributed by atoms with Crippen LogP contribution in [0.4, 0.5) is 5.69 Å². The maximum absolute atomic E-state index is 13.4. The summed E-state index contributed by atoms with van der Waals surface area (Å²) in [6.07, 6.45) is 1.73. The fourth-order valence-electron chi connectivity index (χ4n) is 4.19. The van der Waals surface area contributed by atoms with Gasteiger partial charge < -0.3 is 15.0 Å². The van der Waals surface area contributed by atoms with Gasteiger partial charge >= 0.3 is 0 Å². The summed E-state index contributed by atoms with van der Waals surface area (Å²) in [6.45, 7) is 6.75. The molecular formula is C22H31ClN6O3S. The van der Waals surface area contributed by atoms with Crippen molar-refractivity contribution in [3.8, 4) is 5.75 Å². The summed E-state index contributed by atoms with van der Waals surface area (Å²) in [5.41, 5.74) is 2.45. The van der Waals surface area contributed by atoms with Crippen molar-refractivity contribution in [3.05, 3.63) is 35.2 Å². The predicted octanol–water partition coefficient (Wildman–Crippen LogP) is 2.82. The third-order valence-corrected chi connectivity index (χ3v) is 8.17. The summed E-state index contributed by atoms with van der Waals surface area (Å²) in [7, 11) is 0.199. The first-order chi connectivity index (χ1) is 15.8. The van der Waals surface area contributed by atoms with Gasteiger partial charge in [-0.3, -0.25) is 4.68 Å². The number of aryl methyl sites for hydroxylation is 2. The molecule has 1 saturated heterocycles. The van der Waals surface area contributed by atoms with Crippen molar-refractivity contribution in [1.82, 2.24) is 19.0 Å². The molecule has 1 N–H and O–H groups in total. The SMILES string of the molecule is CCCc1nn(C)c2c1NC(c1cc(S(=O)(=O)N3CCN(C)CC3)ccc1OCC)=NC2Cl. The van der Waals surface area contributed by atoms with Crippen LogP contribution >= 0.6 is 11.6 Å². The third-order valence-electron chi connectivity index (χ3n) is 5.97. The molecule has 1 fully saturated rings. The van der Waals surface area contributed by atoms with E-state index in [9.17, 15) is 8.42 Å². The molecule has 2 aliphatic heterocycles. The molecule has 2 aliphatic rings. The van der Waals surface area contributed by atoms with Crippen LogP contribution in [0, 0.1) is 0 Å². The number of benzene rings is 1. The highest BCUT2D eigenvalue weighted by Gasteiger charge is 2.31. The van der Waals surface area contributed by atoms with Gasteiger partial charge in [-0.15, -0.1) is 0 Å². The third kappa shape index (κ3) is 4.62. The predicted molar refractivity (Wildman–Crippen MR) is 130 cm³/mol. The number of hydrogen-bond donors (Lipinski definition) is 1. The minimum atomic E-state index is -3.65. The molecule has 4 rings (SSSR count). The van der Waals surface area contributed by atoms with Crippen molar-refractivity contribution in [3.63, 3.8) is 0 Å². The molecule has 0 bridgehead atoms. The lowest BCUT2D eigenvalue weighted by Crippen LogP contribution is -2.47. The highest BCUT2D eigenvalue weighted by atomic mass is 35.5. The van der Waals surface area contributed by atoms with Gasteiger partial charge in [0.2, 0.25) is 10.0 Å². The largest absolute Gasteiger partial charge is 0.493 e. The van der Waals surface area contributed by atoms with Gasteiger partial charge in [-0.1, -0.05) is 24.9 Å². The van der Waals surface area contributed by atoms with E-state index >= 15 is 0 Å². The van der Waals surface area contributed by atoms with E-state index in [-0.39, 0.29) is 4.90 Å². The Kier molecular flexibility index (Phi) is 6.99. The number of ether oxygens (including phenoxy) is 1. The maximum atomic E-state index is 13.4. The van der Waals surface area contributed by atoms with Crippen molar-refractivity contribution in [2.24, 2.45) is 12.0 Å². The molecule has 2 aromatic rings. The van der Waals surface area contributed by atoms with Gasteiger partial charge in [0.05, 0.1) is 28.4 Å². The molecule has 180 valence electrons. The number of halogens is 1. The fraction of sp³-hybridized carbons (Fsp3) is 0.545. The topological polar surface area (TPSA) is 92.1 Å². The molecule has 0 radical (unpaired) electrons. The monoisotopic (exact) mass is 494 g/mol. The number of aliphatic imine (C=N–C) groups is 1. The number of amidine groups is 1. The molecule has 1 unspecified atom stereocenters. The zero-order valence-corrected chi connectivity index (χ0v) is 21.1. The number of likely N-dealkylation sites (N-methyl/N-ethyl adjacent to an activating group) is 1. The number of aromatic nitrogens is 2. The van der Waals surface area contributed by atoms with Gasteiger partial charge in [0.15, 0.2) is 5.50 Å². The number of fused-ring (bicyclic) bond motifs is 1. The van der Waals surface area contributed by atoms with Crippen LogP contribution in [0.1, 0.15) is 42.7 Å². The minimum absolute atomic E-state index is 0.215. The lowest BCUT2D eigenvalue weighted by Gasteiger charge is -2.31. The van der Waals surface area contributed by atoms with Crippen molar-refractivity contribution >= 4 is 33.1 Å². The maximum Gasteiger partial charge on any atom is 0.243 e. The van der Waals surface area contributed by atoms with E-state index in [0.29, 0.717) is 49.9 Å². The summed E-state index contributed by atoms with van der Waals surface area (Å²) in [4.78, 5) is 6.97. The van der Waals surface area contributed by atoms with Crippen molar-refractivity contribution in [1.29, 1.82) is 0 Å². The zero-order chi connectivity index (χ0) is 23.8. The van der Waals surface area contributed by atoms with Crippen LogP contribution < -0.4 is 10.1 Å². The van der Waals surface area contributed by atoms with E-state index in [1.807, 2.05) is 21.0 Å². The van der Waals surface area contributed by atoms with Gasteiger partial charge in [0.1, 0.15) is 17.3 Å². The first kappa shape index (κ1) is 24.0. The van der Waals surface area contributed by atoms with Gasteiger partial charge in [0.25, 0.3) is 0 Å². The summed E-state index contributed by atoms with van der Waals surface area (Å²) < 4.78 is 35.9. The van der Waals surface area contributed by atoms with Gasteiger partial charge in [0, 0.05) is 33.2 Å². The normalized spacial score (nSPS) is 19.7. The van der Waals surface area contributed by atoms with Gasteiger partial charge in [-0.05, 0) is 38.6 Å². The second-order valence-electron chi connectivity index (χ2n) is 8.32. The average Bonchev–Trinajstić information content (AvgIpc) is 3.10. The van der Waals surface area contributed by atoms with E-state index in [1.54, 1.807) is 22.9 Å². The first-order valence-corrected chi connectivity index (χ1v) is 13.1. The molecule has 1 aromatic carbocycles. The van der Waals surface area contributed by atoms with Gasteiger partial charge in [-0.25, -0.2) is 13.4 Å². The molecule has 1 aromatic heterocycles. The van der Waals surface area contributed by atoms with Crippen LogP contribution in [0.2, 0.25) is 0 Å². The van der Waals surface area contributed by atoms with Crippen LogP contribution in [0.5, 0.6) is 5.75 Å². The number of nitrogens with zero attached hydrogens (tertiary/aromatic N) is 5. The number of nitrogens with one attached hydrogen (secondary N) is 1. The fourth-order valence-corrected chi connectivity index (χ4v) is 5.99. The Morgan fingerprint density at radius 2 is 1.91 bits per heavy atom. The second kappa shape index (κ2) is 9.61. The number of alkyl halides is 1. The zero-order valence-electron chi connectivity index (χ0n) is 19.5. The van der Waals surface area contributed by atoms with Crippen molar-refractivity contribution in [2.75, 3.05) is 45.2 Å². The molecule has 11 heteroatoms. The highest BCUT2D eigenvalue weighted by Crippen LogP contribution is 2.38. The number of piperazine rings is 1. The Bertz CT molecular complexity index is 1160. The highest BCUT2D eigenvalue weighted by molar-refractivity contribution is 7.89. The Morgan fingerprint density at radius 3 is 2.58 bits per heavy atom. The van der Waals surface area contributed by atoms with Crippen molar-refractivity contribution < 1.29 is 13.2 Å². The number of anilines is 1. The number of sulfonamides is 1. The van der Waals surface area contributed by atoms with Crippen LogP contribution in [-0.2, 0) is 23.5 Å². The Labute approximate surface area is 200 Å². The van der Waals surface area contributed by atoms with E-state index < -0.39 is 15.5 Å². The Morgan fingerprint density at radius 1 is 1.18 bits per heavy atom. The Balaban J connectivity index is 1.74. The van der Waals surface area contributed by atoms with E-state index in [0.717, 1.165) is 29.9 Å². The minimum Gasteiger partial charge on any atom is -0.493 e. The molecule has 3 heterocycles. The summed E-state index contributed by atoms with van der Waals surface area (Å²) >= 11 is 6.64. The molecule has 9 nitrogen and oxygen atoms in total. The molecule has 0 spiro atoms. The van der Waals surface area contributed by atoms with Gasteiger partial charge in [-0.2, -0.15) is 9.40 Å². The summed E-state index contributed by atoms with van der Waals surface area (Å²) in [5.74, 6) is 1.03. The smallest absolute Gasteiger partial charge is 0.243 e. The quantitative estimate of drug-likeness (QED) is 0.470.